The van der Waals surface area contributed by atoms with E-state index in [1.807, 2.05) is 39.0 Å². The van der Waals surface area contributed by atoms with Crippen molar-refractivity contribution in [3.8, 4) is 22.8 Å². The minimum absolute atomic E-state index is 0.0220. The molecule has 0 saturated carbocycles. The minimum atomic E-state index is -0.973. The van der Waals surface area contributed by atoms with E-state index < -0.39 is 6.29 Å². The molecule has 0 fully saturated rings. The molecule has 0 aliphatic heterocycles. The molecule has 148 valence electrons. The van der Waals surface area contributed by atoms with E-state index in [-0.39, 0.29) is 12.8 Å². The highest BCUT2D eigenvalue weighted by molar-refractivity contribution is 5.74. The lowest BCUT2D eigenvalue weighted by molar-refractivity contribution is -0.102. The molecule has 1 unspecified atom stereocenters. The van der Waals surface area contributed by atoms with Gasteiger partial charge >= 0.3 is 0 Å². The molecular weight excluding hydrogens is 346 g/mol. The second-order valence-corrected chi connectivity index (χ2v) is 6.28. The maximum atomic E-state index is 10.0. The number of aliphatic hydroxyl groups is 1. The number of aromatic nitrogens is 1. The van der Waals surface area contributed by atoms with Gasteiger partial charge in [0.25, 0.3) is 0 Å². The standard InChI is InChI=1S/C20H29N3O4/c1-5-8-25-20(24)14-6-7-16(23-11-14)15-9-17(22-4)19(26-12-21)18(10-15)27-13(2)3/h6-7,9-11,13,20,22,24H,5,8,12,21H2,1-4H3. The van der Waals surface area contributed by atoms with Crippen LogP contribution in [0.15, 0.2) is 30.5 Å². The number of nitrogens with two attached hydrogens (primary N) is 1. The van der Waals surface area contributed by atoms with E-state index in [1.54, 1.807) is 19.3 Å². The molecule has 0 aliphatic carbocycles. The summed E-state index contributed by atoms with van der Waals surface area (Å²) in [5, 5.41) is 13.1. The van der Waals surface area contributed by atoms with Gasteiger partial charge in [0, 0.05) is 31.0 Å². The Hall–Kier alpha value is -2.35. The van der Waals surface area contributed by atoms with Crippen molar-refractivity contribution in [1.29, 1.82) is 0 Å². The van der Waals surface area contributed by atoms with Crippen molar-refractivity contribution in [2.24, 2.45) is 5.73 Å². The van der Waals surface area contributed by atoms with E-state index in [0.29, 0.717) is 23.7 Å². The van der Waals surface area contributed by atoms with Gasteiger partial charge in [-0.15, -0.1) is 0 Å². The van der Waals surface area contributed by atoms with Crippen molar-refractivity contribution < 1.29 is 19.3 Å². The Labute approximate surface area is 160 Å². The van der Waals surface area contributed by atoms with Crippen molar-refractivity contribution in [1.82, 2.24) is 4.98 Å². The first-order chi connectivity index (χ1) is 13.0. The molecule has 1 aromatic carbocycles. The lowest BCUT2D eigenvalue weighted by Gasteiger charge is -2.19. The second kappa shape index (κ2) is 10.1. The maximum Gasteiger partial charge on any atom is 0.186 e. The zero-order valence-electron chi connectivity index (χ0n) is 16.4. The molecule has 0 amide bonds. The number of pyridine rings is 1. The Morgan fingerprint density at radius 3 is 2.59 bits per heavy atom. The Morgan fingerprint density at radius 1 is 1.26 bits per heavy atom. The predicted octanol–water partition coefficient (Wildman–Crippen LogP) is 3.29. The molecule has 4 N–H and O–H groups in total. The van der Waals surface area contributed by atoms with Gasteiger partial charge in [0.1, 0.15) is 6.73 Å². The van der Waals surface area contributed by atoms with Gasteiger partial charge in [0.15, 0.2) is 17.8 Å². The molecule has 27 heavy (non-hydrogen) atoms. The van der Waals surface area contributed by atoms with Gasteiger partial charge < -0.3 is 24.6 Å². The number of hydrogen-bond donors (Lipinski definition) is 3. The van der Waals surface area contributed by atoms with Gasteiger partial charge in [0.2, 0.25) is 0 Å². The van der Waals surface area contributed by atoms with E-state index >= 15 is 0 Å². The summed E-state index contributed by atoms with van der Waals surface area (Å²) in [6.45, 7) is 6.42. The lowest BCUT2D eigenvalue weighted by atomic mass is 10.1. The quantitative estimate of drug-likeness (QED) is 0.548. The summed E-state index contributed by atoms with van der Waals surface area (Å²) in [6.07, 6.45) is 1.46. The zero-order chi connectivity index (χ0) is 19.8. The van der Waals surface area contributed by atoms with Crippen LogP contribution in [0.4, 0.5) is 5.69 Å². The number of rotatable bonds is 10. The number of nitrogens with one attached hydrogen (secondary N) is 1. The van der Waals surface area contributed by atoms with Crippen molar-refractivity contribution in [2.45, 2.75) is 39.6 Å². The van der Waals surface area contributed by atoms with Gasteiger partial charge in [-0.3, -0.25) is 10.7 Å². The predicted molar refractivity (Wildman–Crippen MR) is 106 cm³/mol. The van der Waals surface area contributed by atoms with Crippen LogP contribution < -0.4 is 20.5 Å². The summed E-state index contributed by atoms with van der Waals surface area (Å²) < 4.78 is 16.8. The Bertz CT molecular complexity index is 720. The van der Waals surface area contributed by atoms with Crippen LogP contribution in [0.1, 0.15) is 39.0 Å². The molecule has 2 aromatic rings. The minimum Gasteiger partial charge on any atom is -0.487 e. The van der Waals surface area contributed by atoms with E-state index in [2.05, 4.69) is 10.3 Å². The highest BCUT2D eigenvalue weighted by Crippen LogP contribution is 2.40. The molecule has 2 rings (SSSR count). The fourth-order valence-electron chi connectivity index (χ4n) is 2.56. The van der Waals surface area contributed by atoms with Crippen molar-refractivity contribution in [3.05, 3.63) is 36.0 Å². The number of benzene rings is 1. The first-order valence-corrected chi connectivity index (χ1v) is 9.11. The molecule has 1 aromatic heterocycles. The summed E-state index contributed by atoms with van der Waals surface area (Å²) >= 11 is 0. The molecule has 0 aliphatic rings. The lowest BCUT2D eigenvalue weighted by Crippen LogP contribution is -2.13. The van der Waals surface area contributed by atoms with E-state index in [1.165, 1.54) is 0 Å². The van der Waals surface area contributed by atoms with Crippen LogP contribution in [-0.4, -0.2) is 36.6 Å². The van der Waals surface area contributed by atoms with Gasteiger partial charge in [0.05, 0.1) is 17.5 Å². The SMILES string of the molecule is CCCOC(O)c1ccc(-c2cc(NC)c(OCN)c(OC(C)C)c2)nc1. The van der Waals surface area contributed by atoms with Crippen molar-refractivity contribution in [2.75, 3.05) is 25.7 Å². The smallest absolute Gasteiger partial charge is 0.186 e. The number of ether oxygens (including phenoxy) is 3. The summed E-state index contributed by atoms with van der Waals surface area (Å²) in [5.74, 6) is 1.16. The van der Waals surface area contributed by atoms with Crippen LogP contribution in [0.3, 0.4) is 0 Å². The fraction of sp³-hybridized carbons (Fsp3) is 0.450. The third-order valence-corrected chi connectivity index (χ3v) is 3.76. The normalized spacial score (nSPS) is 12.1. The van der Waals surface area contributed by atoms with Crippen molar-refractivity contribution >= 4 is 5.69 Å². The largest absolute Gasteiger partial charge is 0.487 e. The van der Waals surface area contributed by atoms with Crippen LogP contribution in [0.25, 0.3) is 11.3 Å². The topological polar surface area (TPSA) is 98.9 Å². The fourth-order valence-corrected chi connectivity index (χ4v) is 2.56. The third-order valence-electron chi connectivity index (χ3n) is 3.76. The summed E-state index contributed by atoms with van der Waals surface area (Å²) in [7, 11) is 1.81. The molecule has 1 atom stereocenters. The average Bonchev–Trinajstić information content (AvgIpc) is 2.67. The zero-order valence-corrected chi connectivity index (χ0v) is 16.4. The molecular formula is C20H29N3O4. The first kappa shape index (κ1) is 21.0. The van der Waals surface area contributed by atoms with E-state index in [9.17, 15) is 5.11 Å². The maximum absolute atomic E-state index is 10.0. The van der Waals surface area contributed by atoms with E-state index in [0.717, 1.165) is 23.4 Å². The van der Waals surface area contributed by atoms with Gasteiger partial charge in [-0.2, -0.15) is 0 Å². The molecule has 0 saturated heterocycles. The highest BCUT2D eigenvalue weighted by Gasteiger charge is 2.16. The van der Waals surface area contributed by atoms with Gasteiger partial charge in [-0.1, -0.05) is 13.0 Å². The molecule has 7 heteroatoms. The van der Waals surface area contributed by atoms with Gasteiger partial charge in [-0.05, 0) is 38.5 Å². The third kappa shape index (κ3) is 5.56. The molecule has 0 bridgehead atoms. The van der Waals surface area contributed by atoms with Gasteiger partial charge in [-0.25, -0.2) is 0 Å². The first-order valence-electron chi connectivity index (χ1n) is 9.11. The Morgan fingerprint density at radius 2 is 2.04 bits per heavy atom. The van der Waals surface area contributed by atoms with Crippen LogP contribution >= 0.6 is 0 Å². The van der Waals surface area contributed by atoms with Crippen molar-refractivity contribution in [3.63, 3.8) is 0 Å². The number of nitrogens with zero attached hydrogens (tertiary/aromatic N) is 1. The van der Waals surface area contributed by atoms with Crippen LogP contribution in [0.2, 0.25) is 0 Å². The Balaban J connectivity index is 2.36. The Kier molecular flexibility index (Phi) is 7.84. The number of anilines is 1. The molecule has 7 nitrogen and oxygen atoms in total. The van der Waals surface area contributed by atoms with E-state index in [4.69, 9.17) is 19.9 Å². The molecule has 1 heterocycles. The summed E-state index contributed by atoms with van der Waals surface area (Å²) in [4.78, 5) is 4.46. The van der Waals surface area contributed by atoms with Crippen LogP contribution in [0, 0.1) is 0 Å². The number of aliphatic hydroxyl groups excluding tert-OH is 1. The second-order valence-electron chi connectivity index (χ2n) is 6.28. The molecule has 0 radical (unpaired) electrons. The van der Waals surface area contributed by atoms with Crippen LogP contribution in [0.5, 0.6) is 11.5 Å². The highest BCUT2D eigenvalue weighted by atomic mass is 16.6. The van der Waals surface area contributed by atoms with Crippen LogP contribution in [-0.2, 0) is 4.74 Å². The summed E-state index contributed by atoms with van der Waals surface area (Å²) in [5.41, 5.74) is 8.53. The summed E-state index contributed by atoms with van der Waals surface area (Å²) in [6, 6.07) is 7.43. The number of hydrogen-bond acceptors (Lipinski definition) is 7. The monoisotopic (exact) mass is 375 g/mol. The average molecular weight is 375 g/mol. The molecule has 0 spiro atoms.